The molecule has 0 fully saturated rings. The molecule has 0 amide bonds. The molecule has 158 valence electrons. The van der Waals surface area contributed by atoms with Gasteiger partial charge in [0, 0.05) is 7.05 Å². The number of ether oxygens (including phenoxy) is 1. The van der Waals surface area contributed by atoms with Gasteiger partial charge in [0.1, 0.15) is 21.3 Å². The number of benzene rings is 1. The van der Waals surface area contributed by atoms with Gasteiger partial charge >= 0.3 is 11.7 Å². The summed E-state index contributed by atoms with van der Waals surface area (Å²) in [6.45, 7) is 0.138. The molecule has 0 bridgehead atoms. The first-order chi connectivity index (χ1) is 15.0. The van der Waals surface area contributed by atoms with E-state index >= 15 is 0 Å². The Kier molecular flexibility index (Phi) is 5.04. The normalized spacial score (nSPS) is 12.4. The Balaban J connectivity index is 1.42. The molecule has 1 N–H and O–H groups in total. The van der Waals surface area contributed by atoms with Crippen LogP contribution in [0.3, 0.4) is 0 Å². The van der Waals surface area contributed by atoms with E-state index in [0.29, 0.717) is 26.1 Å². The Hall–Kier alpha value is -3.09. The quantitative estimate of drug-likeness (QED) is 0.267. The Morgan fingerprint density at radius 2 is 2.03 bits per heavy atom. The molecule has 0 saturated carbocycles. The number of anilines is 1. The van der Waals surface area contributed by atoms with E-state index in [1.807, 2.05) is 30.3 Å². The zero-order valence-electron chi connectivity index (χ0n) is 16.0. The van der Waals surface area contributed by atoms with Gasteiger partial charge in [-0.15, -0.1) is 11.3 Å². The lowest BCUT2D eigenvalue weighted by Gasteiger charge is -2.08. The number of hydrogen-bond acceptors (Lipinski definition) is 10. The third kappa shape index (κ3) is 3.62. The Bertz CT molecular complexity index is 1400. The number of nitrogens with one attached hydrogen (secondary N) is 1. The lowest BCUT2D eigenvalue weighted by Crippen LogP contribution is -2.38. The second kappa shape index (κ2) is 7.87. The van der Waals surface area contributed by atoms with Crippen LogP contribution in [0, 0.1) is 0 Å². The van der Waals surface area contributed by atoms with Crippen molar-refractivity contribution in [3.63, 3.8) is 0 Å². The van der Waals surface area contributed by atoms with E-state index < -0.39 is 17.2 Å². The van der Waals surface area contributed by atoms with Gasteiger partial charge in [-0.05, 0) is 11.6 Å². The molecule has 0 radical (unpaired) electrons. The summed E-state index contributed by atoms with van der Waals surface area (Å²) >= 11 is 3.42. The average molecular weight is 475 g/mol. The van der Waals surface area contributed by atoms with E-state index in [9.17, 15) is 14.4 Å². The second-order valence-corrected chi connectivity index (χ2v) is 9.25. The number of fused-ring (bicyclic) bond motifs is 2. The molecule has 1 aliphatic heterocycles. The first-order valence-corrected chi connectivity index (χ1v) is 11.4. The van der Waals surface area contributed by atoms with Crippen LogP contribution >= 0.6 is 34.9 Å². The van der Waals surface area contributed by atoms with E-state index in [0.717, 1.165) is 29.1 Å². The monoisotopic (exact) mass is 474 g/mol. The Labute approximate surface area is 187 Å². The van der Waals surface area contributed by atoms with Gasteiger partial charge in [0.25, 0.3) is 5.56 Å². The predicted molar refractivity (Wildman–Crippen MR) is 120 cm³/mol. The molecule has 1 aromatic carbocycles. The van der Waals surface area contributed by atoms with Gasteiger partial charge in [0.05, 0.1) is 11.9 Å². The number of carbonyl (C=O) groups is 1. The molecular formula is C19H14N4O5S3. The highest BCUT2D eigenvalue weighted by atomic mass is 32.2. The fraction of sp³-hybridized carbons (Fsp3) is 0.158. The number of aromatic nitrogens is 3. The minimum Gasteiger partial charge on any atom is -0.454 e. The molecule has 0 unspecified atom stereocenters. The largest absolute Gasteiger partial charge is 0.454 e. The topological polar surface area (TPSA) is 104 Å². The van der Waals surface area contributed by atoms with Crippen LogP contribution in [0.15, 0.2) is 46.0 Å². The summed E-state index contributed by atoms with van der Waals surface area (Å²) in [5.41, 5.74) is -0.0387. The first-order valence-electron chi connectivity index (χ1n) is 9.05. The smallest absolute Gasteiger partial charge is 0.348 e. The Morgan fingerprint density at radius 1 is 1.23 bits per heavy atom. The molecule has 1 aliphatic rings. The van der Waals surface area contributed by atoms with Crippen LogP contribution in [0.4, 0.5) is 5.82 Å². The van der Waals surface area contributed by atoms with Crippen LogP contribution in [0.1, 0.15) is 20.2 Å². The van der Waals surface area contributed by atoms with Crippen molar-refractivity contribution in [2.45, 2.75) is 13.2 Å². The molecule has 0 spiro atoms. The molecular weight excluding hydrogens is 460 g/mol. The minimum atomic E-state index is -0.582. The van der Waals surface area contributed by atoms with Gasteiger partial charge < -0.3 is 8.92 Å². The van der Waals surface area contributed by atoms with Gasteiger partial charge in [0.15, 0.2) is 18.0 Å². The zero-order valence-corrected chi connectivity index (χ0v) is 18.4. The van der Waals surface area contributed by atoms with Crippen molar-refractivity contribution >= 4 is 56.9 Å². The highest BCUT2D eigenvalue weighted by Gasteiger charge is 2.22. The average Bonchev–Trinajstić information content (AvgIpc) is 3.49. The van der Waals surface area contributed by atoms with Crippen molar-refractivity contribution in [2.75, 3.05) is 4.72 Å². The SMILES string of the molecule is Cn1c(=O)n(Cc2ccccc2)c(=O)c2cc(C(=O)OCc3nc4c(s3)OSN4)sc21. The molecule has 4 heterocycles. The van der Waals surface area contributed by atoms with Crippen molar-refractivity contribution in [3.05, 3.63) is 72.7 Å². The van der Waals surface area contributed by atoms with E-state index in [2.05, 4.69) is 9.71 Å². The standard InChI is InChI=1S/C19H14N4O5S3/c1-22-16-11(15(24)23(19(22)26)8-10-5-3-2-4-6-10)7-12(29-16)17(25)27-9-13-20-14-18(30-13)28-31-21-14/h2-7,21H,8-9H2,1H3. The molecule has 31 heavy (non-hydrogen) atoms. The highest BCUT2D eigenvalue weighted by Crippen LogP contribution is 2.40. The summed E-state index contributed by atoms with van der Waals surface area (Å²) in [4.78, 5) is 43.2. The number of nitrogens with zero attached hydrogens (tertiary/aromatic N) is 3. The third-order valence-electron chi connectivity index (χ3n) is 4.62. The van der Waals surface area contributed by atoms with Gasteiger partial charge in [-0.25, -0.2) is 14.6 Å². The van der Waals surface area contributed by atoms with E-state index in [4.69, 9.17) is 8.92 Å². The van der Waals surface area contributed by atoms with Crippen LogP contribution in [-0.4, -0.2) is 20.1 Å². The summed E-state index contributed by atoms with van der Waals surface area (Å²) in [6, 6.07) is 10.7. The van der Waals surface area contributed by atoms with Gasteiger partial charge in [-0.3, -0.25) is 18.7 Å². The number of hydrogen-bond donors (Lipinski definition) is 1. The van der Waals surface area contributed by atoms with Crippen molar-refractivity contribution < 1.29 is 13.7 Å². The molecule has 0 saturated heterocycles. The number of aryl methyl sites for hydroxylation is 1. The first kappa shape index (κ1) is 19.8. The molecule has 3 aromatic heterocycles. The maximum atomic E-state index is 13.0. The van der Waals surface area contributed by atoms with E-state index in [-0.39, 0.29) is 18.0 Å². The lowest BCUT2D eigenvalue weighted by molar-refractivity contribution is 0.0478. The molecule has 4 aromatic rings. The zero-order chi connectivity index (χ0) is 21.5. The van der Waals surface area contributed by atoms with Crippen LogP contribution < -0.4 is 20.2 Å². The maximum Gasteiger partial charge on any atom is 0.348 e. The van der Waals surface area contributed by atoms with E-state index in [1.54, 1.807) is 7.05 Å². The number of rotatable bonds is 5. The summed E-state index contributed by atoms with van der Waals surface area (Å²) in [7, 11) is 1.58. The van der Waals surface area contributed by atoms with Crippen LogP contribution in [0.2, 0.25) is 0 Å². The Morgan fingerprint density at radius 3 is 2.81 bits per heavy atom. The summed E-state index contributed by atoms with van der Waals surface area (Å²) < 4.78 is 16.0. The molecule has 0 atom stereocenters. The number of carbonyl (C=O) groups excluding carboxylic acids is 1. The van der Waals surface area contributed by atoms with Crippen molar-refractivity contribution in [3.8, 4) is 5.06 Å². The number of thiazole rings is 1. The number of esters is 1. The summed E-state index contributed by atoms with van der Waals surface area (Å²) in [6.07, 6.45) is 0. The van der Waals surface area contributed by atoms with Crippen LogP contribution in [0.5, 0.6) is 5.06 Å². The molecule has 5 rings (SSSR count). The van der Waals surface area contributed by atoms with Gasteiger partial charge in [0.2, 0.25) is 5.06 Å². The number of thiophene rings is 1. The second-order valence-electron chi connectivity index (χ2n) is 6.64. The van der Waals surface area contributed by atoms with Gasteiger partial charge in [-0.2, -0.15) is 0 Å². The predicted octanol–water partition coefficient (Wildman–Crippen LogP) is 2.99. The molecule has 9 nitrogen and oxygen atoms in total. The highest BCUT2D eigenvalue weighted by molar-refractivity contribution is 7.96. The van der Waals surface area contributed by atoms with E-state index in [1.165, 1.54) is 26.5 Å². The maximum absolute atomic E-state index is 13.0. The molecule has 0 aliphatic carbocycles. The lowest BCUT2D eigenvalue weighted by atomic mass is 10.2. The molecule has 12 heteroatoms. The van der Waals surface area contributed by atoms with Gasteiger partial charge in [-0.1, -0.05) is 41.7 Å². The minimum absolute atomic E-state index is 0.0162. The third-order valence-corrected chi connectivity index (χ3v) is 7.35. The van der Waals surface area contributed by atoms with Crippen molar-refractivity contribution in [2.24, 2.45) is 7.05 Å². The van der Waals surface area contributed by atoms with Crippen LogP contribution in [-0.2, 0) is 24.9 Å². The van der Waals surface area contributed by atoms with Crippen LogP contribution in [0.25, 0.3) is 10.2 Å². The van der Waals surface area contributed by atoms with Crippen molar-refractivity contribution in [1.82, 2.24) is 14.1 Å². The summed E-state index contributed by atoms with van der Waals surface area (Å²) in [5, 5.41) is 1.52. The van der Waals surface area contributed by atoms with Crippen molar-refractivity contribution in [1.29, 1.82) is 0 Å². The fourth-order valence-electron chi connectivity index (χ4n) is 3.12. The summed E-state index contributed by atoms with van der Waals surface area (Å²) in [5.74, 6) is 0.0261. The fourth-order valence-corrected chi connectivity index (χ4v) is 5.49.